The van der Waals surface area contributed by atoms with Gasteiger partial charge in [0.15, 0.2) is 7.14 Å². The lowest BCUT2D eigenvalue weighted by molar-refractivity contribution is -0.384. The van der Waals surface area contributed by atoms with Gasteiger partial charge in [-0.15, -0.1) is 0 Å². The van der Waals surface area contributed by atoms with Crippen LogP contribution in [0.3, 0.4) is 0 Å². The Kier molecular flexibility index (Phi) is 7.23. The number of carbonyl (C=O) groups is 1. The molecule has 10 heteroatoms. The topological polar surface area (TPSA) is 102 Å². The van der Waals surface area contributed by atoms with E-state index >= 15 is 0 Å². The molecule has 0 fully saturated rings. The maximum absolute atomic E-state index is 13.9. The number of nitro groups is 1. The van der Waals surface area contributed by atoms with Gasteiger partial charge in [-0.2, -0.15) is 5.10 Å². The Morgan fingerprint density at radius 3 is 2.06 bits per heavy atom. The molecular weight excluding hydrogens is 460 g/mol. The molecule has 0 aliphatic heterocycles. The molecule has 0 aliphatic rings. The van der Waals surface area contributed by atoms with E-state index in [1.165, 1.54) is 24.4 Å². The van der Waals surface area contributed by atoms with Gasteiger partial charge in [-0.1, -0.05) is 35.3 Å². The van der Waals surface area contributed by atoms with Gasteiger partial charge in [-0.3, -0.25) is 14.9 Å². The molecule has 1 N–H and O–H groups in total. The number of nitrogens with zero attached hydrogens (tertiary/aromatic N) is 2. The number of hydrogen-bond donors (Lipinski definition) is 1. The molecule has 158 valence electrons. The molecule has 0 radical (unpaired) electrons. The Morgan fingerprint density at radius 1 is 1.00 bits per heavy atom. The molecular formula is C21H16Cl2N3O4P. The average molecular weight is 476 g/mol. The van der Waals surface area contributed by atoms with Gasteiger partial charge in [0.2, 0.25) is 5.91 Å². The zero-order chi connectivity index (χ0) is 22.4. The summed E-state index contributed by atoms with van der Waals surface area (Å²) in [5, 5.41) is 16.6. The van der Waals surface area contributed by atoms with Crippen molar-refractivity contribution >= 4 is 58.8 Å². The van der Waals surface area contributed by atoms with Crippen LogP contribution in [0.15, 0.2) is 77.9 Å². The maximum Gasteiger partial charge on any atom is 0.270 e. The lowest BCUT2D eigenvalue weighted by Gasteiger charge is -2.18. The van der Waals surface area contributed by atoms with E-state index in [-0.39, 0.29) is 11.8 Å². The number of rotatable bonds is 7. The number of amides is 1. The van der Waals surface area contributed by atoms with E-state index in [4.69, 9.17) is 23.2 Å². The minimum Gasteiger partial charge on any atom is -0.313 e. The average Bonchev–Trinajstić information content (AvgIpc) is 2.74. The van der Waals surface area contributed by atoms with Crippen molar-refractivity contribution in [3.05, 3.63) is 98.5 Å². The van der Waals surface area contributed by atoms with Crippen molar-refractivity contribution in [3.63, 3.8) is 0 Å². The Hall–Kier alpha value is -2.99. The van der Waals surface area contributed by atoms with Gasteiger partial charge in [0, 0.05) is 38.4 Å². The highest BCUT2D eigenvalue weighted by Crippen LogP contribution is 2.43. The van der Waals surface area contributed by atoms with E-state index in [0.717, 1.165) is 0 Å². The van der Waals surface area contributed by atoms with Crippen LogP contribution < -0.4 is 16.0 Å². The number of nitrogens with one attached hydrogen (secondary N) is 1. The third-order valence-electron chi connectivity index (χ3n) is 4.34. The van der Waals surface area contributed by atoms with E-state index in [1.54, 1.807) is 54.6 Å². The largest absolute Gasteiger partial charge is 0.313 e. The number of hydrazone groups is 1. The molecule has 0 unspecified atom stereocenters. The summed E-state index contributed by atoms with van der Waals surface area (Å²) >= 11 is 11.9. The molecule has 0 saturated carbocycles. The van der Waals surface area contributed by atoms with Crippen LogP contribution in [0.4, 0.5) is 5.69 Å². The molecule has 0 bridgehead atoms. The number of carbonyl (C=O) groups excluding carboxylic acids is 1. The molecule has 3 aromatic carbocycles. The normalized spacial score (nSPS) is 11.4. The van der Waals surface area contributed by atoms with Crippen LogP contribution in [0.2, 0.25) is 10.0 Å². The first-order valence-electron chi connectivity index (χ1n) is 8.95. The Bertz CT molecular complexity index is 1130. The molecule has 3 rings (SSSR count). The van der Waals surface area contributed by atoms with Crippen molar-refractivity contribution in [2.45, 2.75) is 0 Å². The minimum absolute atomic E-state index is 0.0924. The lowest BCUT2D eigenvalue weighted by Crippen LogP contribution is -2.28. The lowest BCUT2D eigenvalue weighted by atomic mass is 10.2. The summed E-state index contributed by atoms with van der Waals surface area (Å²) in [7, 11) is -3.35. The smallest absolute Gasteiger partial charge is 0.270 e. The Labute approximate surface area is 188 Å². The summed E-state index contributed by atoms with van der Waals surface area (Å²) in [5.74, 6) is -0.574. The first-order valence-corrected chi connectivity index (χ1v) is 11.6. The van der Waals surface area contributed by atoms with Crippen LogP contribution in [0, 0.1) is 10.1 Å². The fraction of sp³-hybridized carbons (Fsp3) is 0.0476. The number of halogens is 2. The summed E-state index contributed by atoms with van der Waals surface area (Å²) in [6.07, 6.45) is 0.947. The molecule has 1 amide bonds. The van der Waals surface area contributed by atoms with Crippen LogP contribution in [0.5, 0.6) is 0 Å². The van der Waals surface area contributed by atoms with Crippen LogP contribution >= 0.6 is 30.3 Å². The van der Waals surface area contributed by atoms with Crippen molar-refractivity contribution in [2.75, 3.05) is 6.16 Å². The second-order valence-corrected chi connectivity index (χ2v) is 10.2. The number of benzene rings is 3. The van der Waals surface area contributed by atoms with Gasteiger partial charge in [-0.25, -0.2) is 5.43 Å². The van der Waals surface area contributed by atoms with Crippen molar-refractivity contribution in [1.82, 2.24) is 5.43 Å². The highest BCUT2D eigenvalue weighted by molar-refractivity contribution is 7.79. The van der Waals surface area contributed by atoms with Crippen LogP contribution in [-0.4, -0.2) is 23.2 Å². The predicted molar refractivity (Wildman–Crippen MR) is 123 cm³/mol. The van der Waals surface area contributed by atoms with E-state index in [1.807, 2.05) is 0 Å². The minimum atomic E-state index is -3.35. The summed E-state index contributed by atoms with van der Waals surface area (Å²) in [6.45, 7) is 0. The van der Waals surface area contributed by atoms with Crippen molar-refractivity contribution in [2.24, 2.45) is 5.10 Å². The molecule has 0 atom stereocenters. The summed E-state index contributed by atoms with van der Waals surface area (Å²) < 4.78 is 13.9. The van der Waals surface area contributed by atoms with Gasteiger partial charge in [0.1, 0.15) is 0 Å². The number of nitro benzene ring substituents is 1. The van der Waals surface area contributed by atoms with Crippen molar-refractivity contribution in [3.8, 4) is 0 Å². The van der Waals surface area contributed by atoms with Gasteiger partial charge >= 0.3 is 0 Å². The van der Waals surface area contributed by atoms with E-state index in [0.29, 0.717) is 26.2 Å². The standard InChI is InChI=1S/C21H16Cl2N3O4P/c22-16-4-8-19(9-5-16)31(30,20-10-6-17(23)7-11-20)14-21(27)25-24-13-15-2-1-3-18(12-15)26(28)29/h1-13H,14H2,(H,25,27)/b24-13+. The quantitative estimate of drug-likeness (QED) is 0.237. The van der Waals surface area contributed by atoms with Gasteiger partial charge in [-0.05, 0) is 48.5 Å². The van der Waals surface area contributed by atoms with E-state index < -0.39 is 18.0 Å². The summed E-state index contributed by atoms with van der Waals surface area (Å²) in [4.78, 5) is 22.9. The maximum atomic E-state index is 13.9. The van der Waals surface area contributed by atoms with Crippen LogP contribution in [-0.2, 0) is 9.36 Å². The van der Waals surface area contributed by atoms with Crippen LogP contribution in [0.1, 0.15) is 5.56 Å². The summed E-state index contributed by atoms with van der Waals surface area (Å²) in [6, 6.07) is 18.7. The van der Waals surface area contributed by atoms with Crippen molar-refractivity contribution < 1.29 is 14.3 Å². The monoisotopic (exact) mass is 475 g/mol. The second kappa shape index (κ2) is 9.88. The fourth-order valence-electron chi connectivity index (χ4n) is 2.83. The molecule has 31 heavy (non-hydrogen) atoms. The van der Waals surface area contributed by atoms with Crippen molar-refractivity contribution in [1.29, 1.82) is 0 Å². The zero-order valence-electron chi connectivity index (χ0n) is 15.9. The van der Waals surface area contributed by atoms with Gasteiger partial charge in [0.05, 0.1) is 17.3 Å². The Morgan fingerprint density at radius 2 is 1.55 bits per heavy atom. The third-order valence-corrected chi connectivity index (χ3v) is 7.84. The van der Waals surface area contributed by atoms with Gasteiger partial charge < -0.3 is 4.57 Å². The first kappa shape index (κ1) is 22.7. The third kappa shape index (κ3) is 5.79. The SMILES string of the molecule is O=C(CP(=O)(c1ccc(Cl)cc1)c1ccc(Cl)cc1)N/N=C/c1cccc([N+](=O)[O-])c1. The number of non-ortho nitro benzene ring substituents is 1. The molecule has 0 spiro atoms. The van der Waals surface area contributed by atoms with Gasteiger partial charge in [0.25, 0.3) is 5.69 Å². The zero-order valence-corrected chi connectivity index (χ0v) is 18.3. The highest BCUT2D eigenvalue weighted by atomic mass is 35.5. The molecule has 7 nitrogen and oxygen atoms in total. The fourth-order valence-corrected chi connectivity index (χ4v) is 5.48. The summed E-state index contributed by atoms with van der Waals surface area (Å²) in [5.41, 5.74) is 2.68. The first-order chi connectivity index (χ1) is 14.8. The van der Waals surface area contributed by atoms with E-state index in [9.17, 15) is 19.5 Å². The molecule has 0 heterocycles. The molecule has 0 aromatic heterocycles. The predicted octanol–water partition coefficient (Wildman–Crippen LogP) is 4.37. The second-order valence-electron chi connectivity index (χ2n) is 6.50. The van der Waals surface area contributed by atoms with Crippen LogP contribution in [0.25, 0.3) is 0 Å². The Balaban J connectivity index is 1.81. The molecule has 3 aromatic rings. The molecule has 0 saturated heterocycles. The van der Waals surface area contributed by atoms with E-state index in [2.05, 4.69) is 10.5 Å². The number of hydrogen-bond acceptors (Lipinski definition) is 5. The molecule has 0 aliphatic carbocycles. The highest BCUT2D eigenvalue weighted by Gasteiger charge is 2.30.